The van der Waals surface area contributed by atoms with Gasteiger partial charge in [-0.3, -0.25) is 20.1 Å². The maximum Gasteiger partial charge on any atom is 0.219 e. The molecule has 0 bridgehead atoms. The molecule has 198 valence electrons. The fourth-order valence-corrected chi connectivity index (χ4v) is 6.43. The molecule has 1 amide bonds. The summed E-state index contributed by atoms with van der Waals surface area (Å²) < 4.78 is 6.45. The highest BCUT2D eigenvalue weighted by Gasteiger charge is 2.37. The summed E-state index contributed by atoms with van der Waals surface area (Å²) in [7, 11) is 0. The van der Waals surface area contributed by atoms with Crippen molar-refractivity contribution in [1.29, 1.82) is 0 Å². The zero-order valence-electron chi connectivity index (χ0n) is 22.0. The number of pyridine rings is 1. The molecule has 4 heterocycles. The number of para-hydroxylation sites is 1. The maximum absolute atomic E-state index is 11.7. The van der Waals surface area contributed by atoms with Crippen LogP contribution >= 0.6 is 23.1 Å². The predicted octanol–water partition coefficient (Wildman–Crippen LogP) is 5.59. The molecule has 2 aromatic heterocycles. The molecule has 2 aliphatic heterocycles. The highest BCUT2D eigenvalue weighted by Crippen LogP contribution is 2.33. The molecule has 3 aromatic rings. The van der Waals surface area contributed by atoms with Crippen molar-refractivity contribution in [2.24, 2.45) is 4.99 Å². The Morgan fingerprint density at radius 3 is 2.76 bits per heavy atom. The van der Waals surface area contributed by atoms with Crippen molar-refractivity contribution in [2.45, 2.75) is 62.7 Å². The summed E-state index contributed by atoms with van der Waals surface area (Å²) >= 11 is 3.33. The zero-order chi connectivity index (χ0) is 26.5. The number of aliphatic imine (C=N–C) groups is 1. The molecule has 5 rings (SSSR count). The van der Waals surface area contributed by atoms with E-state index in [9.17, 15) is 4.79 Å². The molecule has 0 spiro atoms. The van der Waals surface area contributed by atoms with Crippen LogP contribution in [0.15, 0.2) is 74.9 Å². The quantitative estimate of drug-likeness (QED) is 0.396. The number of nitrogens with zero attached hydrogens (tertiary/aromatic N) is 4. The van der Waals surface area contributed by atoms with Crippen LogP contribution in [0.5, 0.6) is 5.75 Å². The average molecular weight is 548 g/mol. The molecule has 1 saturated heterocycles. The van der Waals surface area contributed by atoms with Crippen LogP contribution < -0.4 is 10.1 Å². The highest BCUT2D eigenvalue weighted by atomic mass is 32.2. The number of thiazole rings is 1. The SMILES string of the molecule is CC(=O)N1CCC(c2csc(CNC3(C)N=CC(Sc4ccnc(C)c4)=CC3Oc3ccccc3)n2)CC1. The van der Waals surface area contributed by atoms with Crippen molar-refractivity contribution in [3.05, 3.63) is 81.4 Å². The Labute approximate surface area is 232 Å². The minimum absolute atomic E-state index is 0.159. The fourth-order valence-electron chi connectivity index (χ4n) is 4.68. The molecule has 0 saturated carbocycles. The minimum Gasteiger partial charge on any atom is -0.482 e. The number of carbonyl (C=O) groups excluding carboxylic acids is 1. The van der Waals surface area contributed by atoms with E-state index in [0.29, 0.717) is 12.5 Å². The Morgan fingerprint density at radius 1 is 1.24 bits per heavy atom. The number of hydrogen-bond donors (Lipinski definition) is 1. The van der Waals surface area contributed by atoms with E-state index in [1.54, 1.807) is 30.0 Å². The van der Waals surface area contributed by atoms with E-state index in [-0.39, 0.29) is 12.0 Å². The first-order valence-electron chi connectivity index (χ1n) is 12.9. The number of hydrogen-bond acceptors (Lipinski definition) is 8. The molecule has 2 aliphatic rings. The van der Waals surface area contributed by atoms with Gasteiger partial charge >= 0.3 is 0 Å². The van der Waals surface area contributed by atoms with Gasteiger partial charge in [0.25, 0.3) is 0 Å². The number of likely N-dealkylation sites (tertiary alicyclic amines) is 1. The molecule has 1 N–H and O–H groups in total. The monoisotopic (exact) mass is 547 g/mol. The summed E-state index contributed by atoms with van der Waals surface area (Å²) in [5, 5.41) is 6.82. The summed E-state index contributed by atoms with van der Waals surface area (Å²) in [4.78, 5) is 29.9. The minimum atomic E-state index is -0.660. The zero-order valence-corrected chi connectivity index (χ0v) is 23.6. The average Bonchev–Trinajstić information content (AvgIpc) is 3.40. The first-order valence-corrected chi connectivity index (χ1v) is 14.6. The fraction of sp³-hybridized carbons (Fsp3) is 0.379. The smallest absolute Gasteiger partial charge is 0.219 e. The maximum atomic E-state index is 11.7. The number of thioether (sulfide) groups is 1. The summed E-state index contributed by atoms with van der Waals surface area (Å²) in [6.07, 6.45) is 7.52. The topological polar surface area (TPSA) is 79.7 Å². The predicted molar refractivity (Wildman–Crippen MR) is 154 cm³/mol. The molecule has 1 aromatic carbocycles. The molecule has 2 unspecified atom stereocenters. The molecular formula is C29H33N5O2S2. The summed E-state index contributed by atoms with van der Waals surface area (Å²) in [6, 6.07) is 14.0. The lowest BCUT2D eigenvalue weighted by atomic mass is 9.94. The lowest BCUT2D eigenvalue weighted by Crippen LogP contribution is -2.53. The third kappa shape index (κ3) is 6.51. The van der Waals surface area contributed by atoms with Crippen LogP contribution in [-0.2, 0) is 11.3 Å². The third-order valence-electron chi connectivity index (χ3n) is 6.97. The molecule has 9 heteroatoms. The lowest BCUT2D eigenvalue weighted by molar-refractivity contribution is -0.129. The Bertz CT molecular complexity index is 1320. The number of nitrogens with one attached hydrogen (secondary N) is 1. The van der Waals surface area contributed by atoms with Crippen LogP contribution in [0.25, 0.3) is 0 Å². The van der Waals surface area contributed by atoms with E-state index >= 15 is 0 Å². The molecule has 2 atom stereocenters. The number of benzene rings is 1. The first kappa shape index (κ1) is 26.6. The molecule has 7 nitrogen and oxygen atoms in total. The number of carbonyl (C=O) groups is 1. The number of dihydropyridines is 1. The van der Waals surface area contributed by atoms with Crippen molar-refractivity contribution in [3.8, 4) is 5.75 Å². The van der Waals surface area contributed by atoms with Crippen molar-refractivity contribution in [3.63, 3.8) is 0 Å². The van der Waals surface area contributed by atoms with Crippen LogP contribution in [0.3, 0.4) is 0 Å². The van der Waals surface area contributed by atoms with Crippen LogP contribution in [0, 0.1) is 6.92 Å². The number of amides is 1. The Balaban J connectivity index is 1.27. The van der Waals surface area contributed by atoms with Gasteiger partial charge in [0.15, 0.2) is 6.10 Å². The van der Waals surface area contributed by atoms with Gasteiger partial charge in [0.2, 0.25) is 5.91 Å². The van der Waals surface area contributed by atoms with E-state index in [2.05, 4.69) is 34.7 Å². The number of aryl methyl sites for hydroxylation is 1. The lowest BCUT2D eigenvalue weighted by Gasteiger charge is -2.36. The highest BCUT2D eigenvalue weighted by molar-refractivity contribution is 8.04. The van der Waals surface area contributed by atoms with Crippen molar-refractivity contribution in [2.75, 3.05) is 13.1 Å². The van der Waals surface area contributed by atoms with Gasteiger partial charge in [0, 0.05) is 65.8 Å². The van der Waals surface area contributed by atoms with E-state index in [4.69, 9.17) is 14.7 Å². The Hall–Kier alpha value is -3.01. The van der Waals surface area contributed by atoms with Gasteiger partial charge < -0.3 is 9.64 Å². The second-order valence-corrected chi connectivity index (χ2v) is 12.0. The first-order chi connectivity index (χ1) is 18.4. The van der Waals surface area contributed by atoms with Gasteiger partial charge in [0.05, 0.1) is 5.69 Å². The van der Waals surface area contributed by atoms with Gasteiger partial charge in [0.1, 0.15) is 16.4 Å². The van der Waals surface area contributed by atoms with E-state index in [1.807, 2.05) is 60.6 Å². The van der Waals surface area contributed by atoms with Gasteiger partial charge in [-0.1, -0.05) is 30.0 Å². The van der Waals surface area contributed by atoms with Crippen LogP contribution in [0.1, 0.15) is 49.0 Å². The molecule has 1 fully saturated rings. The van der Waals surface area contributed by atoms with Gasteiger partial charge in [-0.2, -0.15) is 0 Å². The van der Waals surface area contributed by atoms with E-state index < -0.39 is 5.66 Å². The number of aromatic nitrogens is 2. The molecule has 38 heavy (non-hydrogen) atoms. The van der Waals surface area contributed by atoms with Gasteiger partial charge in [-0.25, -0.2) is 4.98 Å². The molecular weight excluding hydrogens is 514 g/mol. The standard InChI is InChI=1S/C29H33N5O2S2/c1-20-15-24(9-12-30-20)38-25-16-27(36-23-7-5-4-6-8-23)29(3,31-17-25)32-18-28-33-26(19-37-28)22-10-13-34(14-11-22)21(2)35/h4-9,12,15-17,19,22,27,32H,10-11,13-14,18H2,1-3H3. The normalized spacial score (nSPS) is 21.8. The third-order valence-corrected chi connectivity index (χ3v) is 8.80. The van der Waals surface area contributed by atoms with Crippen molar-refractivity contribution in [1.82, 2.24) is 20.2 Å². The number of piperidine rings is 1. The second-order valence-electron chi connectivity index (χ2n) is 9.86. The van der Waals surface area contributed by atoms with Crippen molar-refractivity contribution >= 4 is 35.2 Å². The van der Waals surface area contributed by atoms with E-state index in [1.165, 1.54) is 0 Å². The summed E-state index contributed by atoms with van der Waals surface area (Å²) in [6.45, 7) is 7.92. The molecule has 0 radical (unpaired) electrons. The summed E-state index contributed by atoms with van der Waals surface area (Å²) in [5.74, 6) is 1.37. The van der Waals surface area contributed by atoms with Crippen LogP contribution in [0.2, 0.25) is 0 Å². The van der Waals surface area contributed by atoms with Gasteiger partial charge in [-0.15, -0.1) is 11.3 Å². The largest absolute Gasteiger partial charge is 0.482 e. The Morgan fingerprint density at radius 2 is 2.03 bits per heavy atom. The number of rotatable bonds is 8. The van der Waals surface area contributed by atoms with E-state index in [0.717, 1.165) is 57.9 Å². The number of ether oxygens (including phenoxy) is 1. The van der Waals surface area contributed by atoms with Crippen LogP contribution in [-0.4, -0.2) is 51.8 Å². The second kappa shape index (κ2) is 11.8. The van der Waals surface area contributed by atoms with Gasteiger partial charge in [-0.05, 0) is 57.0 Å². The van der Waals surface area contributed by atoms with Crippen LogP contribution in [0.4, 0.5) is 0 Å². The van der Waals surface area contributed by atoms with Crippen molar-refractivity contribution < 1.29 is 9.53 Å². The Kier molecular flexibility index (Phi) is 8.26. The number of allylic oxidation sites excluding steroid dienone is 1. The summed E-state index contributed by atoms with van der Waals surface area (Å²) in [5.41, 5.74) is 1.46. The molecule has 0 aliphatic carbocycles.